The topological polar surface area (TPSA) is 49.8 Å². The van der Waals surface area contributed by atoms with Crippen molar-refractivity contribution in [2.75, 3.05) is 20.2 Å². The van der Waals surface area contributed by atoms with Crippen LogP contribution in [0.25, 0.3) is 10.1 Å². The predicted molar refractivity (Wildman–Crippen MR) is 109 cm³/mol. The number of hydrogen-bond donors (Lipinski definition) is 1. The second-order valence-electron chi connectivity index (χ2n) is 7.12. The maximum atomic E-state index is 14.2. The van der Waals surface area contributed by atoms with Gasteiger partial charge in [0, 0.05) is 15.1 Å². The van der Waals surface area contributed by atoms with Crippen LogP contribution in [0, 0.1) is 11.7 Å². The number of carboxylic acids is 1. The molecule has 1 aliphatic heterocycles. The van der Waals surface area contributed by atoms with Gasteiger partial charge in [-0.05, 0) is 61.6 Å². The zero-order chi connectivity index (χ0) is 19.7. The van der Waals surface area contributed by atoms with E-state index in [2.05, 4.69) is 23.1 Å². The van der Waals surface area contributed by atoms with Gasteiger partial charge in [-0.25, -0.2) is 4.39 Å². The maximum absolute atomic E-state index is 14.2. The molecule has 0 bridgehead atoms. The van der Waals surface area contributed by atoms with E-state index in [0.717, 1.165) is 15.8 Å². The molecule has 6 heteroatoms. The first kappa shape index (κ1) is 18.9. The lowest BCUT2D eigenvalue weighted by molar-refractivity contribution is -0.143. The molecule has 0 saturated carbocycles. The summed E-state index contributed by atoms with van der Waals surface area (Å²) in [7, 11) is 1.59. The SMILES string of the molecule is COc1ccc(F)cc1C(c1cc2ccccc2s1)N1CCC(C(=O)O)CC1. The molecule has 2 heterocycles. The minimum Gasteiger partial charge on any atom is -0.496 e. The number of fused-ring (bicyclic) bond motifs is 1. The van der Waals surface area contributed by atoms with E-state index in [1.54, 1.807) is 24.5 Å². The van der Waals surface area contributed by atoms with Crippen molar-refractivity contribution in [3.63, 3.8) is 0 Å². The van der Waals surface area contributed by atoms with Gasteiger partial charge in [-0.2, -0.15) is 0 Å². The number of nitrogens with zero attached hydrogens (tertiary/aromatic N) is 1. The first-order valence-corrected chi connectivity index (χ1v) is 10.2. The largest absolute Gasteiger partial charge is 0.496 e. The lowest BCUT2D eigenvalue weighted by Crippen LogP contribution is -2.39. The molecule has 4 rings (SSSR count). The van der Waals surface area contributed by atoms with Gasteiger partial charge < -0.3 is 9.84 Å². The molecule has 0 radical (unpaired) electrons. The first-order valence-electron chi connectivity index (χ1n) is 9.35. The summed E-state index contributed by atoms with van der Waals surface area (Å²) < 4.78 is 20.9. The zero-order valence-corrected chi connectivity index (χ0v) is 16.4. The van der Waals surface area contributed by atoms with Gasteiger partial charge in [0.25, 0.3) is 0 Å². The highest BCUT2D eigenvalue weighted by Crippen LogP contribution is 2.41. The summed E-state index contributed by atoms with van der Waals surface area (Å²) in [4.78, 5) is 14.7. The molecular formula is C22H22FNO3S. The molecule has 1 aliphatic rings. The third kappa shape index (κ3) is 3.62. The third-order valence-corrected chi connectivity index (χ3v) is 6.61. The Balaban J connectivity index is 1.77. The number of aliphatic carboxylic acids is 1. The van der Waals surface area contributed by atoms with Crippen LogP contribution < -0.4 is 4.74 Å². The molecule has 4 nitrogen and oxygen atoms in total. The zero-order valence-electron chi connectivity index (χ0n) is 15.6. The molecule has 3 aromatic rings. The van der Waals surface area contributed by atoms with Crippen molar-refractivity contribution in [2.24, 2.45) is 5.92 Å². The summed E-state index contributed by atoms with van der Waals surface area (Å²) in [6.45, 7) is 1.30. The Bertz CT molecular complexity index is 961. The smallest absolute Gasteiger partial charge is 0.306 e. The Labute approximate surface area is 167 Å². The summed E-state index contributed by atoms with van der Waals surface area (Å²) in [6, 6.07) is 14.8. The van der Waals surface area contributed by atoms with E-state index in [9.17, 15) is 14.3 Å². The van der Waals surface area contributed by atoms with E-state index in [4.69, 9.17) is 4.74 Å². The number of thiophene rings is 1. The quantitative estimate of drug-likeness (QED) is 0.661. The maximum Gasteiger partial charge on any atom is 0.306 e. The van der Waals surface area contributed by atoms with Gasteiger partial charge in [-0.15, -0.1) is 11.3 Å². The molecule has 146 valence electrons. The highest BCUT2D eigenvalue weighted by atomic mass is 32.1. The van der Waals surface area contributed by atoms with E-state index < -0.39 is 5.97 Å². The van der Waals surface area contributed by atoms with Crippen molar-refractivity contribution in [3.05, 3.63) is 64.8 Å². The second-order valence-corrected chi connectivity index (χ2v) is 8.24. The van der Waals surface area contributed by atoms with Gasteiger partial charge >= 0.3 is 5.97 Å². The molecule has 2 aromatic carbocycles. The van der Waals surface area contributed by atoms with Crippen LogP contribution in [0.3, 0.4) is 0 Å². The normalized spacial score (nSPS) is 16.9. The van der Waals surface area contributed by atoms with E-state index in [-0.39, 0.29) is 17.8 Å². The van der Waals surface area contributed by atoms with E-state index in [1.807, 2.05) is 12.1 Å². The van der Waals surface area contributed by atoms with Gasteiger partial charge in [0.15, 0.2) is 0 Å². The fourth-order valence-electron chi connectivity index (χ4n) is 3.99. The Hall–Kier alpha value is -2.44. The van der Waals surface area contributed by atoms with Crippen molar-refractivity contribution in [1.29, 1.82) is 0 Å². The average molecular weight is 399 g/mol. The average Bonchev–Trinajstić information content (AvgIpc) is 3.12. The highest BCUT2D eigenvalue weighted by molar-refractivity contribution is 7.19. The number of likely N-dealkylation sites (tertiary alicyclic amines) is 1. The Morgan fingerprint density at radius 3 is 2.64 bits per heavy atom. The number of ether oxygens (including phenoxy) is 1. The van der Waals surface area contributed by atoms with Crippen LogP contribution in [0.5, 0.6) is 5.75 Å². The fourth-order valence-corrected chi connectivity index (χ4v) is 5.21. The van der Waals surface area contributed by atoms with Crippen molar-refractivity contribution < 1.29 is 19.0 Å². The minimum atomic E-state index is -0.735. The summed E-state index contributed by atoms with van der Waals surface area (Å²) >= 11 is 1.69. The number of rotatable bonds is 5. The molecule has 1 saturated heterocycles. The van der Waals surface area contributed by atoms with Gasteiger partial charge in [0.05, 0.1) is 19.1 Å². The van der Waals surface area contributed by atoms with Crippen molar-refractivity contribution in [3.8, 4) is 5.75 Å². The van der Waals surface area contributed by atoms with Gasteiger partial charge in [-0.1, -0.05) is 18.2 Å². The van der Waals surface area contributed by atoms with Crippen LogP contribution in [0.4, 0.5) is 4.39 Å². The molecule has 0 amide bonds. The van der Waals surface area contributed by atoms with Gasteiger partial charge in [0.2, 0.25) is 0 Å². The molecule has 1 atom stereocenters. The van der Waals surface area contributed by atoms with E-state index >= 15 is 0 Å². The monoisotopic (exact) mass is 399 g/mol. The summed E-state index contributed by atoms with van der Waals surface area (Å²) in [5.74, 6) is -0.707. The number of methoxy groups -OCH3 is 1. The Morgan fingerprint density at radius 2 is 1.96 bits per heavy atom. The van der Waals surface area contributed by atoms with Crippen molar-refractivity contribution in [1.82, 2.24) is 4.90 Å². The van der Waals surface area contributed by atoms with E-state index in [0.29, 0.717) is 31.7 Å². The molecule has 1 fully saturated rings. The molecule has 0 aliphatic carbocycles. The van der Waals surface area contributed by atoms with Crippen LogP contribution >= 0.6 is 11.3 Å². The van der Waals surface area contributed by atoms with Gasteiger partial charge in [-0.3, -0.25) is 9.69 Å². The standard InChI is InChI=1S/C22H22FNO3S/c1-27-18-7-6-16(23)13-17(18)21(24-10-8-14(9-11-24)22(25)26)20-12-15-4-2-3-5-19(15)28-20/h2-7,12-14,21H,8-11H2,1H3,(H,25,26). The number of hydrogen-bond acceptors (Lipinski definition) is 4. The highest BCUT2D eigenvalue weighted by Gasteiger charge is 2.32. The van der Waals surface area contributed by atoms with E-state index in [1.165, 1.54) is 16.8 Å². The number of carbonyl (C=O) groups is 1. The Kier molecular flexibility index (Phi) is 5.33. The van der Waals surface area contributed by atoms with Crippen molar-refractivity contribution >= 4 is 27.4 Å². The first-order chi connectivity index (χ1) is 13.6. The van der Waals surface area contributed by atoms with Crippen LogP contribution in [0.15, 0.2) is 48.5 Å². The predicted octanol–water partition coefficient (Wildman–Crippen LogP) is 4.94. The second kappa shape index (κ2) is 7.89. The molecule has 1 unspecified atom stereocenters. The lowest BCUT2D eigenvalue weighted by atomic mass is 9.93. The molecule has 28 heavy (non-hydrogen) atoms. The summed E-state index contributed by atoms with van der Waals surface area (Å²) in [5, 5.41) is 10.5. The van der Waals surface area contributed by atoms with Crippen molar-refractivity contribution in [2.45, 2.75) is 18.9 Å². The fraction of sp³-hybridized carbons (Fsp3) is 0.318. The molecular weight excluding hydrogens is 377 g/mol. The van der Waals surface area contributed by atoms with Crippen LogP contribution in [0.1, 0.15) is 29.3 Å². The third-order valence-electron chi connectivity index (χ3n) is 5.44. The number of benzene rings is 2. The molecule has 1 aromatic heterocycles. The number of carboxylic acid groups (broad SMARTS) is 1. The minimum absolute atomic E-state index is 0.169. The summed E-state index contributed by atoms with van der Waals surface area (Å²) in [5.41, 5.74) is 0.780. The lowest BCUT2D eigenvalue weighted by Gasteiger charge is -2.36. The number of piperidine rings is 1. The molecule has 0 spiro atoms. The van der Waals surface area contributed by atoms with Crippen LogP contribution in [-0.2, 0) is 4.79 Å². The van der Waals surface area contributed by atoms with Crippen LogP contribution in [-0.4, -0.2) is 36.2 Å². The van der Waals surface area contributed by atoms with Gasteiger partial charge in [0.1, 0.15) is 11.6 Å². The number of halogens is 1. The van der Waals surface area contributed by atoms with Crippen LogP contribution in [0.2, 0.25) is 0 Å². The molecule has 1 N–H and O–H groups in total. The Morgan fingerprint density at radius 1 is 1.21 bits per heavy atom. The summed E-state index contributed by atoms with van der Waals surface area (Å²) in [6.07, 6.45) is 1.18.